The number of halogens is 1. The molecule has 0 spiro atoms. The van der Waals surface area contributed by atoms with Gasteiger partial charge in [-0.3, -0.25) is 0 Å². The van der Waals surface area contributed by atoms with Crippen molar-refractivity contribution in [3.63, 3.8) is 0 Å². The zero-order chi connectivity index (χ0) is 7.82. The van der Waals surface area contributed by atoms with Crippen molar-refractivity contribution in [2.75, 3.05) is 0 Å². The molecule has 0 heterocycles. The van der Waals surface area contributed by atoms with Gasteiger partial charge in [0.1, 0.15) is 0 Å². The van der Waals surface area contributed by atoms with Crippen LogP contribution >= 0.6 is 11.6 Å². The predicted molar refractivity (Wildman–Crippen MR) is 48.5 cm³/mol. The first kappa shape index (κ1) is 9.77. The number of allylic oxidation sites excluding steroid dienone is 4. The second-order valence-corrected chi connectivity index (χ2v) is 2.72. The summed E-state index contributed by atoms with van der Waals surface area (Å²) in [5.41, 5.74) is 0. The summed E-state index contributed by atoms with van der Waals surface area (Å²) in [4.78, 5) is 0. The lowest BCUT2D eigenvalue weighted by atomic mass is 10.2. The van der Waals surface area contributed by atoms with Crippen LogP contribution in [0.25, 0.3) is 0 Å². The Morgan fingerprint density at radius 1 is 1.40 bits per heavy atom. The highest BCUT2D eigenvalue weighted by Crippen LogP contribution is 2.04. The van der Waals surface area contributed by atoms with Crippen molar-refractivity contribution < 1.29 is 0 Å². The van der Waals surface area contributed by atoms with Crippen LogP contribution in [0.15, 0.2) is 24.3 Å². The van der Waals surface area contributed by atoms with Crippen LogP contribution in [0.5, 0.6) is 0 Å². The molecule has 0 radical (unpaired) electrons. The normalized spacial score (nSPS) is 15.1. The van der Waals surface area contributed by atoms with E-state index in [9.17, 15) is 0 Å². The van der Waals surface area contributed by atoms with Crippen LogP contribution in [-0.4, -0.2) is 5.38 Å². The monoisotopic (exact) mass is 158 g/mol. The summed E-state index contributed by atoms with van der Waals surface area (Å²) in [6.07, 6.45) is 10.3. The SMILES string of the molecule is C/C=C/CC(Cl)/C=C\CC. The lowest BCUT2D eigenvalue weighted by Gasteiger charge is -1.96. The van der Waals surface area contributed by atoms with Gasteiger partial charge in [-0.15, -0.1) is 11.6 Å². The van der Waals surface area contributed by atoms with Gasteiger partial charge in [0.25, 0.3) is 0 Å². The minimum atomic E-state index is 0.177. The van der Waals surface area contributed by atoms with Crippen LogP contribution in [-0.2, 0) is 0 Å². The molecule has 0 aliphatic heterocycles. The number of hydrogen-bond acceptors (Lipinski definition) is 0. The zero-order valence-corrected chi connectivity index (χ0v) is 7.43. The van der Waals surface area contributed by atoms with Crippen LogP contribution in [0.3, 0.4) is 0 Å². The summed E-state index contributed by atoms with van der Waals surface area (Å²) in [7, 11) is 0. The van der Waals surface area contributed by atoms with E-state index in [1.54, 1.807) is 0 Å². The van der Waals surface area contributed by atoms with Gasteiger partial charge >= 0.3 is 0 Å². The second-order valence-electron chi connectivity index (χ2n) is 2.16. The molecule has 0 fully saturated rings. The van der Waals surface area contributed by atoms with Crippen LogP contribution in [0.2, 0.25) is 0 Å². The fourth-order valence-corrected chi connectivity index (χ4v) is 0.834. The quantitative estimate of drug-likeness (QED) is 0.434. The Balaban J connectivity index is 3.42. The largest absolute Gasteiger partial charge is 0.118 e. The van der Waals surface area contributed by atoms with E-state index in [1.807, 2.05) is 19.1 Å². The van der Waals surface area contributed by atoms with E-state index >= 15 is 0 Å². The Morgan fingerprint density at radius 2 is 2.10 bits per heavy atom. The van der Waals surface area contributed by atoms with E-state index in [0.717, 1.165) is 12.8 Å². The average molecular weight is 159 g/mol. The summed E-state index contributed by atoms with van der Waals surface area (Å²) in [5.74, 6) is 0. The minimum absolute atomic E-state index is 0.177. The highest BCUT2D eigenvalue weighted by Gasteiger charge is 1.92. The summed E-state index contributed by atoms with van der Waals surface area (Å²) in [5, 5.41) is 0.177. The Kier molecular flexibility index (Phi) is 6.73. The lowest BCUT2D eigenvalue weighted by Crippen LogP contribution is -1.88. The van der Waals surface area contributed by atoms with Crippen molar-refractivity contribution >= 4 is 11.6 Å². The Morgan fingerprint density at radius 3 is 2.60 bits per heavy atom. The van der Waals surface area contributed by atoms with E-state index in [0.29, 0.717) is 0 Å². The molecular weight excluding hydrogens is 144 g/mol. The molecule has 0 aromatic carbocycles. The van der Waals surface area contributed by atoms with E-state index in [-0.39, 0.29) is 5.38 Å². The van der Waals surface area contributed by atoms with Crippen molar-refractivity contribution in [2.45, 2.75) is 32.1 Å². The fraction of sp³-hybridized carbons (Fsp3) is 0.556. The third-order valence-electron chi connectivity index (χ3n) is 1.18. The highest BCUT2D eigenvalue weighted by molar-refractivity contribution is 6.21. The average Bonchev–Trinajstić information content (AvgIpc) is 1.97. The van der Waals surface area contributed by atoms with Gasteiger partial charge in [0.15, 0.2) is 0 Å². The van der Waals surface area contributed by atoms with Crippen LogP contribution in [0, 0.1) is 0 Å². The first-order chi connectivity index (χ1) is 4.81. The van der Waals surface area contributed by atoms with Crippen molar-refractivity contribution in [2.24, 2.45) is 0 Å². The van der Waals surface area contributed by atoms with Gasteiger partial charge < -0.3 is 0 Å². The Labute approximate surface area is 68.6 Å². The molecule has 0 rings (SSSR count). The van der Waals surface area contributed by atoms with Crippen molar-refractivity contribution in [3.05, 3.63) is 24.3 Å². The summed E-state index contributed by atoms with van der Waals surface area (Å²) in [6.45, 7) is 4.11. The number of rotatable bonds is 4. The molecule has 0 amide bonds. The van der Waals surface area contributed by atoms with Gasteiger partial charge in [0, 0.05) is 0 Å². The molecular formula is C9H15Cl. The summed E-state index contributed by atoms with van der Waals surface area (Å²) >= 11 is 5.90. The molecule has 0 nitrogen and oxygen atoms in total. The Hall–Kier alpha value is -0.230. The molecule has 0 saturated heterocycles. The van der Waals surface area contributed by atoms with E-state index in [2.05, 4.69) is 19.1 Å². The van der Waals surface area contributed by atoms with Gasteiger partial charge in [-0.2, -0.15) is 0 Å². The van der Waals surface area contributed by atoms with Gasteiger partial charge in [-0.1, -0.05) is 31.2 Å². The molecule has 0 aliphatic carbocycles. The van der Waals surface area contributed by atoms with E-state index < -0.39 is 0 Å². The van der Waals surface area contributed by atoms with Crippen molar-refractivity contribution in [1.82, 2.24) is 0 Å². The molecule has 0 aromatic rings. The van der Waals surface area contributed by atoms with Gasteiger partial charge in [0.05, 0.1) is 5.38 Å². The Bertz CT molecular complexity index is 114. The van der Waals surface area contributed by atoms with Crippen molar-refractivity contribution in [3.8, 4) is 0 Å². The zero-order valence-electron chi connectivity index (χ0n) is 6.68. The molecule has 0 N–H and O–H groups in total. The second kappa shape index (κ2) is 6.88. The standard InChI is InChI=1S/C9H15Cl/c1-3-5-7-9(10)8-6-4-2/h3,5-6,8-9H,4,7H2,1-2H3/b5-3+,8-6-. The topological polar surface area (TPSA) is 0 Å². The molecule has 1 atom stereocenters. The molecule has 0 aromatic heterocycles. The first-order valence-corrected chi connectivity index (χ1v) is 4.16. The molecule has 1 unspecified atom stereocenters. The van der Waals surface area contributed by atoms with Crippen molar-refractivity contribution in [1.29, 1.82) is 0 Å². The lowest BCUT2D eigenvalue weighted by molar-refractivity contribution is 1.04. The van der Waals surface area contributed by atoms with Gasteiger partial charge in [-0.05, 0) is 19.8 Å². The maximum atomic E-state index is 5.90. The van der Waals surface area contributed by atoms with Crippen LogP contribution in [0.1, 0.15) is 26.7 Å². The molecule has 1 heteroatoms. The smallest absolute Gasteiger partial charge is 0.0550 e. The third kappa shape index (κ3) is 5.90. The fourth-order valence-electron chi connectivity index (χ4n) is 0.628. The predicted octanol–water partition coefficient (Wildman–Crippen LogP) is 3.53. The summed E-state index contributed by atoms with van der Waals surface area (Å²) < 4.78 is 0. The maximum absolute atomic E-state index is 5.90. The molecule has 10 heavy (non-hydrogen) atoms. The minimum Gasteiger partial charge on any atom is -0.118 e. The molecule has 0 saturated carbocycles. The van der Waals surface area contributed by atoms with Crippen LogP contribution < -0.4 is 0 Å². The highest BCUT2D eigenvalue weighted by atomic mass is 35.5. The molecule has 58 valence electrons. The first-order valence-electron chi connectivity index (χ1n) is 3.73. The van der Waals surface area contributed by atoms with E-state index in [4.69, 9.17) is 11.6 Å². The van der Waals surface area contributed by atoms with Crippen LogP contribution in [0.4, 0.5) is 0 Å². The molecule has 0 aliphatic rings. The van der Waals surface area contributed by atoms with Gasteiger partial charge in [-0.25, -0.2) is 0 Å². The molecule has 0 bridgehead atoms. The number of alkyl halides is 1. The van der Waals surface area contributed by atoms with E-state index in [1.165, 1.54) is 0 Å². The third-order valence-corrected chi connectivity index (χ3v) is 1.50. The number of hydrogen-bond donors (Lipinski definition) is 0. The maximum Gasteiger partial charge on any atom is 0.0550 e. The van der Waals surface area contributed by atoms with Gasteiger partial charge in [0.2, 0.25) is 0 Å². The summed E-state index contributed by atoms with van der Waals surface area (Å²) in [6, 6.07) is 0.